The van der Waals surface area contributed by atoms with E-state index in [1.165, 1.54) is 6.92 Å². The zero-order chi connectivity index (χ0) is 18.2. The van der Waals surface area contributed by atoms with Crippen molar-refractivity contribution < 1.29 is 19.4 Å². The Labute approximate surface area is 144 Å². The fourth-order valence-electron chi connectivity index (χ4n) is 1.74. The van der Waals surface area contributed by atoms with E-state index in [9.17, 15) is 9.59 Å². The summed E-state index contributed by atoms with van der Waals surface area (Å²) in [5, 5.41) is 2.51. The quantitative estimate of drug-likeness (QED) is 0.150. The second-order valence-electron chi connectivity index (χ2n) is 6.44. The first-order valence-electron chi connectivity index (χ1n) is 7.62. The highest BCUT2D eigenvalue weighted by atomic mass is 28.3. The number of amides is 1. The van der Waals surface area contributed by atoms with Crippen LogP contribution in [0.2, 0.25) is 25.7 Å². The minimum absolute atomic E-state index is 0.0830. The Hall–Kier alpha value is -2.36. The summed E-state index contributed by atoms with van der Waals surface area (Å²) >= 11 is 0. The summed E-state index contributed by atoms with van der Waals surface area (Å²) in [6.07, 6.45) is 5.11. The third kappa shape index (κ3) is 6.81. The summed E-state index contributed by atoms with van der Waals surface area (Å²) in [7, 11) is -1.28. The minimum Gasteiger partial charge on any atom is -0.331 e. The summed E-state index contributed by atoms with van der Waals surface area (Å²) in [5.41, 5.74) is 0.791. The van der Waals surface area contributed by atoms with E-state index in [1.807, 2.05) is 12.0 Å². The van der Waals surface area contributed by atoms with Crippen LogP contribution in [-0.2, 0) is 19.4 Å². The summed E-state index contributed by atoms with van der Waals surface area (Å²) < 4.78 is 0. The van der Waals surface area contributed by atoms with Crippen LogP contribution in [-0.4, -0.2) is 26.4 Å². The van der Waals surface area contributed by atoms with Gasteiger partial charge in [0, 0.05) is 20.6 Å². The van der Waals surface area contributed by atoms with Gasteiger partial charge in [-0.1, -0.05) is 50.0 Å². The van der Waals surface area contributed by atoms with Crippen molar-refractivity contribution in [2.24, 2.45) is 0 Å². The molecule has 0 bridgehead atoms. The van der Waals surface area contributed by atoms with E-state index in [2.05, 4.69) is 25.0 Å². The van der Waals surface area contributed by atoms with Crippen molar-refractivity contribution in [3.63, 3.8) is 0 Å². The minimum atomic E-state index is -1.28. The fourth-order valence-corrected chi connectivity index (χ4v) is 2.43. The van der Waals surface area contributed by atoms with Gasteiger partial charge < -0.3 is 10.2 Å². The van der Waals surface area contributed by atoms with Gasteiger partial charge in [0.25, 0.3) is 5.91 Å². The molecule has 0 heterocycles. The predicted octanol–water partition coefficient (Wildman–Crippen LogP) is 2.98. The fraction of sp³-hybridized carbons (Fsp3) is 0.333. The van der Waals surface area contributed by atoms with E-state index in [4.69, 9.17) is 16.2 Å². The highest BCUT2D eigenvalue weighted by molar-refractivity contribution is 6.76. The topological polar surface area (TPSA) is 64.6 Å². The highest BCUT2D eigenvalue weighted by Crippen LogP contribution is 2.19. The standard InChI is InChI=1S/C18H23NO4Si/c1-6-16(21)19-17(15-10-8-7-9-11-15)18(14(2)20)23-22-12-13-24(3,4)5/h1,7-11H,12-13H2,2-5H3,(H,19,21)/b18-17+. The van der Waals surface area contributed by atoms with Gasteiger partial charge in [-0.2, -0.15) is 4.89 Å². The number of allylic oxidation sites excluding steroid dienone is 1. The number of nitrogens with one attached hydrogen (secondary N) is 1. The lowest BCUT2D eigenvalue weighted by Gasteiger charge is -2.17. The van der Waals surface area contributed by atoms with Crippen LogP contribution < -0.4 is 5.32 Å². The molecule has 0 aromatic heterocycles. The van der Waals surface area contributed by atoms with Crippen LogP contribution >= 0.6 is 0 Å². The Morgan fingerprint density at radius 1 is 1.21 bits per heavy atom. The first kappa shape index (κ1) is 19.7. The van der Waals surface area contributed by atoms with E-state index in [1.54, 1.807) is 24.3 Å². The summed E-state index contributed by atoms with van der Waals surface area (Å²) in [4.78, 5) is 34.0. The average molecular weight is 345 g/mol. The molecule has 0 radical (unpaired) electrons. The van der Waals surface area contributed by atoms with Gasteiger partial charge in [0.15, 0.2) is 0 Å². The van der Waals surface area contributed by atoms with E-state index < -0.39 is 14.0 Å². The lowest BCUT2D eigenvalue weighted by molar-refractivity contribution is -0.256. The molecule has 24 heavy (non-hydrogen) atoms. The molecule has 0 aliphatic carbocycles. The average Bonchev–Trinajstić information content (AvgIpc) is 2.52. The third-order valence-corrected chi connectivity index (χ3v) is 4.76. The van der Waals surface area contributed by atoms with Crippen molar-refractivity contribution in [2.75, 3.05) is 6.61 Å². The zero-order valence-corrected chi connectivity index (χ0v) is 15.5. The molecular weight excluding hydrogens is 322 g/mol. The van der Waals surface area contributed by atoms with Crippen molar-refractivity contribution in [3.05, 3.63) is 41.7 Å². The van der Waals surface area contributed by atoms with Crippen LogP contribution in [0, 0.1) is 12.3 Å². The molecule has 128 valence electrons. The largest absolute Gasteiger partial charge is 0.331 e. The number of hydrogen-bond acceptors (Lipinski definition) is 4. The monoisotopic (exact) mass is 345 g/mol. The molecule has 1 amide bonds. The number of Topliss-reactive ketones (excluding diaryl/α,β-unsaturated/α-hetero) is 1. The molecule has 1 aromatic rings. The Morgan fingerprint density at radius 2 is 1.83 bits per heavy atom. The van der Waals surface area contributed by atoms with Crippen LogP contribution in [0.1, 0.15) is 12.5 Å². The van der Waals surface area contributed by atoms with E-state index in [0.29, 0.717) is 12.2 Å². The normalized spacial score (nSPS) is 12.0. The smallest absolute Gasteiger partial charge is 0.300 e. The Bertz CT molecular complexity index is 654. The molecule has 1 aromatic carbocycles. The molecule has 6 heteroatoms. The number of carbonyl (C=O) groups excluding carboxylic acids is 2. The number of hydrogen-bond donors (Lipinski definition) is 1. The number of benzene rings is 1. The molecule has 0 atom stereocenters. The number of terminal acetylenes is 1. The van der Waals surface area contributed by atoms with Gasteiger partial charge in [-0.15, -0.1) is 6.42 Å². The van der Waals surface area contributed by atoms with Gasteiger partial charge in [0.05, 0.1) is 12.3 Å². The second-order valence-corrected chi connectivity index (χ2v) is 12.1. The van der Waals surface area contributed by atoms with Gasteiger partial charge in [-0.05, 0) is 12.0 Å². The van der Waals surface area contributed by atoms with Crippen LogP contribution in [0.15, 0.2) is 36.1 Å². The highest BCUT2D eigenvalue weighted by Gasteiger charge is 2.19. The van der Waals surface area contributed by atoms with Gasteiger partial charge in [-0.25, -0.2) is 0 Å². The zero-order valence-electron chi connectivity index (χ0n) is 14.5. The van der Waals surface area contributed by atoms with Gasteiger partial charge in [-0.3, -0.25) is 9.59 Å². The first-order valence-corrected chi connectivity index (χ1v) is 11.3. The van der Waals surface area contributed by atoms with Crippen molar-refractivity contribution in [1.29, 1.82) is 0 Å². The van der Waals surface area contributed by atoms with Gasteiger partial charge in [0.2, 0.25) is 11.5 Å². The van der Waals surface area contributed by atoms with Crippen LogP contribution in [0.25, 0.3) is 5.70 Å². The van der Waals surface area contributed by atoms with E-state index in [0.717, 1.165) is 6.04 Å². The van der Waals surface area contributed by atoms with Crippen LogP contribution in [0.5, 0.6) is 0 Å². The van der Waals surface area contributed by atoms with Gasteiger partial charge >= 0.3 is 0 Å². The summed E-state index contributed by atoms with van der Waals surface area (Å²) in [6, 6.07) is 9.74. The Morgan fingerprint density at radius 3 is 2.33 bits per heavy atom. The lowest BCUT2D eigenvalue weighted by Crippen LogP contribution is -2.25. The number of rotatable bonds is 8. The molecule has 0 saturated carbocycles. The first-order chi connectivity index (χ1) is 11.2. The molecule has 0 aliphatic heterocycles. The van der Waals surface area contributed by atoms with Crippen molar-refractivity contribution in [1.82, 2.24) is 5.32 Å². The van der Waals surface area contributed by atoms with E-state index >= 15 is 0 Å². The Kier molecular flexibility index (Phi) is 7.43. The molecule has 0 saturated heterocycles. The summed E-state index contributed by atoms with van der Waals surface area (Å²) in [5.74, 6) is 0.833. The molecule has 0 aliphatic rings. The Balaban J connectivity index is 3.06. The predicted molar refractivity (Wildman–Crippen MR) is 96.2 cm³/mol. The maximum atomic E-state index is 12.0. The third-order valence-electron chi connectivity index (χ3n) is 3.06. The summed E-state index contributed by atoms with van der Waals surface area (Å²) in [6.45, 7) is 8.34. The van der Waals surface area contributed by atoms with Crippen molar-refractivity contribution in [2.45, 2.75) is 32.6 Å². The van der Waals surface area contributed by atoms with Crippen molar-refractivity contribution in [3.8, 4) is 12.3 Å². The maximum absolute atomic E-state index is 12.0. The molecule has 0 spiro atoms. The van der Waals surface area contributed by atoms with Crippen molar-refractivity contribution >= 4 is 25.5 Å². The lowest BCUT2D eigenvalue weighted by atomic mass is 10.1. The number of carbonyl (C=O) groups is 2. The second kappa shape index (κ2) is 9.06. The number of ketones is 1. The molecular formula is C18H23NO4Si. The SMILES string of the molecule is C#CC(=O)N/C(=C(/OOCC[Si](C)(C)C)C(C)=O)c1ccccc1. The molecule has 1 rings (SSSR count). The molecule has 1 N–H and O–H groups in total. The molecule has 0 fully saturated rings. The maximum Gasteiger partial charge on any atom is 0.300 e. The van der Waals surface area contributed by atoms with E-state index in [-0.39, 0.29) is 17.2 Å². The van der Waals surface area contributed by atoms with Crippen LogP contribution in [0.3, 0.4) is 0 Å². The van der Waals surface area contributed by atoms with Gasteiger partial charge in [0.1, 0.15) is 0 Å². The molecule has 0 unspecified atom stereocenters. The van der Waals surface area contributed by atoms with Crippen LogP contribution in [0.4, 0.5) is 0 Å². The molecule has 5 nitrogen and oxygen atoms in total.